The molecule has 0 aliphatic heterocycles. The third-order valence-electron chi connectivity index (χ3n) is 2.82. The van der Waals surface area contributed by atoms with Gasteiger partial charge in [0.2, 0.25) is 10.0 Å². The maximum absolute atomic E-state index is 11.8. The Labute approximate surface area is 119 Å². The quantitative estimate of drug-likeness (QED) is 0.669. The second kappa shape index (κ2) is 7.37. The maximum Gasteiger partial charge on any atom is 0.251 e. The number of hydrogen-bond acceptors (Lipinski definition) is 4. The molecule has 6 nitrogen and oxygen atoms in total. The number of hydrogen-bond donors (Lipinski definition) is 3. The molecule has 1 aromatic rings. The van der Waals surface area contributed by atoms with Crippen molar-refractivity contribution < 1.29 is 13.2 Å². The fraction of sp³-hybridized carbons (Fsp3) is 0.462. The molecule has 4 N–H and O–H groups in total. The molecule has 1 atom stereocenters. The van der Waals surface area contributed by atoms with Crippen molar-refractivity contribution in [1.82, 2.24) is 10.0 Å². The molecule has 0 spiro atoms. The van der Waals surface area contributed by atoms with Crippen molar-refractivity contribution in [3.8, 4) is 0 Å². The highest BCUT2D eigenvalue weighted by atomic mass is 32.2. The molecule has 7 heteroatoms. The minimum Gasteiger partial charge on any atom is -0.348 e. The maximum atomic E-state index is 11.8. The summed E-state index contributed by atoms with van der Waals surface area (Å²) < 4.78 is 25.1. The Bertz CT molecular complexity index is 540. The number of sulfonamides is 1. The van der Waals surface area contributed by atoms with Crippen LogP contribution >= 0.6 is 0 Å². The molecule has 0 aromatic heterocycles. The highest BCUT2D eigenvalue weighted by Gasteiger charge is 2.09. The summed E-state index contributed by atoms with van der Waals surface area (Å²) in [5.41, 5.74) is 6.75. The third kappa shape index (κ3) is 5.28. The van der Waals surface area contributed by atoms with Crippen LogP contribution in [0.15, 0.2) is 24.3 Å². The van der Waals surface area contributed by atoms with E-state index in [9.17, 15) is 13.2 Å². The van der Waals surface area contributed by atoms with Crippen LogP contribution in [-0.2, 0) is 16.6 Å². The predicted octanol–water partition coefficient (Wildman–Crippen LogP) is 0.203. The van der Waals surface area contributed by atoms with Gasteiger partial charge in [-0.25, -0.2) is 13.1 Å². The van der Waals surface area contributed by atoms with Crippen molar-refractivity contribution in [2.45, 2.75) is 26.4 Å². The van der Waals surface area contributed by atoms with Crippen molar-refractivity contribution in [2.75, 3.05) is 12.3 Å². The summed E-state index contributed by atoms with van der Waals surface area (Å²) in [5, 5.41) is 2.76. The van der Waals surface area contributed by atoms with Gasteiger partial charge in [0.05, 0.1) is 5.75 Å². The lowest BCUT2D eigenvalue weighted by atomic mass is 10.1. The monoisotopic (exact) mass is 299 g/mol. The van der Waals surface area contributed by atoms with Gasteiger partial charge < -0.3 is 11.1 Å². The molecule has 0 aliphatic rings. The molecular weight excluding hydrogens is 278 g/mol. The first kappa shape index (κ1) is 16.6. The molecule has 1 rings (SSSR count). The fourth-order valence-electron chi connectivity index (χ4n) is 1.44. The molecule has 0 radical (unpaired) electrons. The number of amides is 1. The normalized spacial score (nSPS) is 12.9. The number of nitrogens with one attached hydrogen (secondary N) is 2. The first-order valence-corrected chi connectivity index (χ1v) is 8.10. The van der Waals surface area contributed by atoms with Crippen molar-refractivity contribution in [3.63, 3.8) is 0 Å². The first-order valence-electron chi connectivity index (χ1n) is 6.45. The van der Waals surface area contributed by atoms with Gasteiger partial charge in [-0.15, -0.1) is 0 Å². The Hall–Kier alpha value is -1.44. The molecule has 0 heterocycles. The Morgan fingerprint density at radius 3 is 2.40 bits per heavy atom. The number of benzene rings is 1. The Morgan fingerprint density at radius 2 is 1.90 bits per heavy atom. The van der Waals surface area contributed by atoms with Crippen LogP contribution < -0.4 is 15.8 Å². The molecule has 112 valence electrons. The zero-order chi connectivity index (χ0) is 15.2. The Balaban J connectivity index is 2.62. The molecule has 0 unspecified atom stereocenters. The molecular formula is C13H21N3O3S. The van der Waals surface area contributed by atoms with E-state index < -0.39 is 10.0 Å². The summed E-state index contributed by atoms with van der Waals surface area (Å²) in [7, 11) is -3.21. The van der Waals surface area contributed by atoms with Crippen LogP contribution in [0.1, 0.15) is 29.8 Å². The summed E-state index contributed by atoms with van der Waals surface area (Å²) in [5.74, 6) is -0.145. The highest BCUT2D eigenvalue weighted by Crippen LogP contribution is 2.05. The molecule has 0 fully saturated rings. The highest BCUT2D eigenvalue weighted by molar-refractivity contribution is 7.89. The minimum atomic E-state index is -3.21. The van der Waals surface area contributed by atoms with Gasteiger partial charge in [-0.2, -0.15) is 0 Å². The number of rotatable bonds is 7. The second-order valence-corrected chi connectivity index (χ2v) is 6.63. The Kier molecular flexibility index (Phi) is 6.12. The van der Waals surface area contributed by atoms with Gasteiger partial charge >= 0.3 is 0 Å². The molecule has 0 saturated heterocycles. The van der Waals surface area contributed by atoms with Gasteiger partial charge in [-0.1, -0.05) is 12.1 Å². The van der Waals surface area contributed by atoms with E-state index in [-0.39, 0.29) is 24.2 Å². The van der Waals surface area contributed by atoms with Gasteiger partial charge in [0.1, 0.15) is 0 Å². The molecule has 0 bridgehead atoms. The summed E-state index contributed by atoms with van der Waals surface area (Å²) >= 11 is 0. The van der Waals surface area contributed by atoms with E-state index in [4.69, 9.17) is 5.73 Å². The summed E-state index contributed by atoms with van der Waals surface area (Å²) in [6.07, 6.45) is 0. The average Bonchev–Trinajstić information content (AvgIpc) is 2.45. The van der Waals surface area contributed by atoms with Crippen LogP contribution in [0.4, 0.5) is 0 Å². The van der Waals surface area contributed by atoms with Crippen LogP contribution in [0.3, 0.4) is 0 Å². The van der Waals surface area contributed by atoms with Crippen LogP contribution in [0.25, 0.3) is 0 Å². The van der Waals surface area contributed by atoms with E-state index in [2.05, 4.69) is 10.0 Å². The second-order valence-electron chi connectivity index (χ2n) is 4.53. The SMILES string of the molecule is CCS(=O)(=O)NCc1ccc(C(=O)N[C@@H](C)CN)cc1. The van der Waals surface area contributed by atoms with Crippen LogP contribution in [0.5, 0.6) is 0 Å². The molecule has 0 saturated carbocycles. The van der Waals surface area contributed by atoms with Crippen LogP contribution in [-0.4, -0.2) is 32.7 Å². The average molecular weight is 299 g/mol. The smallest absolute Gasteiger partial charge is 0.251 e. The van der Waals surface area contributed by atoms with E-state index in [1.807, 2.05) is 6.92 Å². The molecule has 1 aromatic carbocycles. The largest absolute Gasteiger partial charge is 0.348 e. The molecule has 1 amide bonds. The number of carbonyl (C=O) groups is 1. The van der Waals surface area contributed by atoms with Crippen LogP contribution in [0.2, 0.25) is 0 Å². The van der Waals surface area contributed by atoms with Gasteiger partial charge in [0, 0.05) is 24.7 Å². The van der Waals surface area contributed by atoms with E-state index in [0.29, 0.717) is 12.1 Å². The van der Waals surface area contributed by atoms with Crippen molar-refractivity contribution in [2.24, 2.45) is 5.73 Å². The van der Waals surface area contributed by atoms with Crippen molar-refractivity contribution >= 4 is 15.9 Å². The molecule has 20 heavy (non-hydrogen) atoms. The lowest BCUT2D eigenvalue weighted by molar-refractivity contribution is 0.0941. The third-order valence-corrected chi connectivity index (χ3v) is 4.17. The van der Waals surface area contributed by atoms with E-state index >= 15 is 0 Å². The predicted molar refractivity (Wildman–Crippen MR) is 78.7 cm³/mol. The number of carbonyl (C=O) groups excluding carboxylic acids is 1. The van der Waals surface area contributed by atoms with Gasteiger partial charge in [-0.3, -0.25) is 4.79 Å². The van der Waals surface area contributed by atoms with Gasteiger partial charge in [0.15, 0.2) is 0 Å². The van der Waals surface area contributed by atoms with Crippen LogP contribution in [0, 0.1) is 0 Å². The van der Waals surface area contributed by atoms with E-state index in [0.717, 1.165) is 5.56 Å². The lowest BCUT2D eigenvalue weighted by Gasteiger charge is -2.11. The topological polar surface area (TPSA) is 101 Å². The van der Waals surface area contributed by atoms with Crippen molar-refractivity contribution in [1.29, 1.82) is 0 Å². The zero-order valence-electron chi connectivity index (χ0n) is 11.7. The zero-order valence-corrected chi connectivity index (χ0v) is 12.5. The fourth-order valence-corrected chi connectivity index (χ4v) is 2.03. The lowest BCUT2D eigenvalue weighted by Crippen LogP contribution is -2.37. The summed E-state index contributed by atoms with van der Waals surface area (Å²) in [6, 6.07) is 6.68. The molecule has 0 aliphatic carbocycles. The van der Waals surface area contributed by atoms with Crippen molar-refractivity contribution in [3.05, 3.63) is 35.4 Å². The van der Waals surface area contributed by atoms with Gasteiger partial charge in [0.25, 0.3) is 5.91 Å². The summed E-state index contributed by atoms with van der Waals surface area (Å²) in [6.45, 7) is 4.00. The number of nitrogens with two attached hydrogens (primary N) is 1. The Morgan fingerprint density at radius 1 is 1.30 bits per heavy atom. The standard InChI is InChI=1S/C13H21N3O3S/c1-3-20(18,19)15-9-11-4-6-12(7-5-11)13(17)16-10(2)8-14/h4-7,10,15H,3,8-9,14H2,1-2H3,(H,16,17)/t10-/m0/s1. The van der Waals surface area contributed by atoms with Gasteiger partial charge in [-0.05, 0) is 31.5 Å². The summed E-state index contributed by atoms with van der Waals surface area (Å²) in [4.78, 5) is 11.8. The van der Waals surface area contributed by atoms with E-state index in [1.165, 1.54) is 0 Å². The van der Waals surface area contributed by atoms with E-state index in [1.54, 1.807) is 31.2 Å². The first-order chi connectivity index (χ1) is 9.38. The minimum absolute atomic E-state index is 0.0461.